The first kappa shape index (κ1) is 21.2. The molecule has 4 nitrogen and oxygen atoms in total. The van der Waals surface area contributed by atoms with Gasteiger partial charge in [-0.1, -0.05) is 46.8 Å². The van der Waals surface area contributed by atoms with Gasteiger partial charge in [0, 0.05) is 7.11 Å². The summed E-state index contributed by atoms with van der Waals surface area (Å²) >= 11 is 0. The quantitative estimate of drug-likeness (QED) is 0.597. The molecule has 0 aromatic heterocycles. The van der Waals surface area contributed by atoms with Gasteiger partial charge < -0.3 is 13.9 Å². The van der Waals surface area contributed by atoms with Gasteiger partial charge in [-0.3, -0.25) is 4.57 Å². The fourth-order valence-electron chi connectivity index (χ4n) is 2.56. The molecule has 0 fully saturated rings. The first-order chi connectivity index (χ1) is 8.95. The van der Waals surface area contributed by atoms with E-state index in [0.29, 0.717) is 0 Å². The molecular formula is C15H24NaO4P. The summed E-state index contributed by atoms with van der Waals surface area (Å²) in [6.45, 7) is 11.0. The van der Waals surface area contributed by atoms with Crippen LogP contribution in [0.4, 0.5) is 0 Å². The van der Waals surface area contributed by atoms with Gasteiger partial charge in [0.1, 0.15) is 5.75 Å². The van der Waals surface area contributed by atoms with Gasteiger partial charge in [0.2, 0.25) is 0 Å². The minimum atomic E-state index is -4.23. The van der Waals surface area contributed by atoms with Gasteiger partial charge in [-0.05, 0) is 34.9 Å². The Morgan fingerprint density at radius 2 is 1.57 bits per heavy atom. The predicted molar refractivity (Wildman–Crippen MR) is 78.8 cm³/mol. The Labute approximate surface area is 150 Å². The van der Waals surface area contributed by atoms with E-state index in [2.05, 4.69) is 39.1 Å². The third kappa shape index (κ3) is 7.32. The van der Waals surface area contributed by atoms with Crippen LogP contribution in [0.25, 0.3) is 0 Å². The average Bonchev–Trinajstić information content (AvgIpc) is 2.26. The first-order valence-electron chi connectivity index (χ1n) is 6.62. The Morgan fingerprint density at radius 1 is 1.10 bits per heavy atom. The van der Waals surface area contributed by atoms with Gasteiger partial charge >= 0.3 is 37.4 Å². The number of hydrogen-bond donors (Lipinski definition) is 0. The zero-order valence-electron chi connectivity index (χ0n) is 14.1. The molecule has 0 saturated heterocycles. The molecule has 0 aliphatic carbocycles. The zero-order valence-corrected chi connectivity index (χ0v) is 17.0. The molecular weight excluding hydrogens is 298 g/mol. The van der Waals surface area contributed by atoms with Gasteiger partial charge in [0.25, 0.3) is 0 Å². The minimum absolute atomic E-state index is 0. The monoisotopic (exact) mass is 322 g/mol. The third-order valence-corrected chi connectivity index (χ3v) is 3.93. The number of phosphoric ester groups is 1. The summed E-state index contributed by atoms with van der Waals surface area (Å²) in [6, 6.07) is 7.11. The molecule has 1 rings (SSSR count). The molecule has 1 aromatic carbocycles. The van der Waals surface area contributed by atoms with Crippen molar-refractivity contribution in [1.82, 2.24) is 0 Å². The maximum Gasteiger partial charge on any atom is 1.00 e. The fraction of sp³-hybridized carbons (Fsp3) is 0.600. The molecule has 1 atom stereocenters. The summed E-state index contributed by atoms with van der Waals surface area (Å²) in [6.07, 6.45) is 1.03. The summed E-state index contributed by atoms with van der Waals surface area (Å²) in [5, 5.41) is 0. The number of rotatable bonds is 5. The third-order valence-electron chi connectivity index (χ3n) is 3.05. The zero-order chi connectivity index (χ0) is 15.6. The van der Waals surface area contributed by atoms with Crippen molar-refractivity contribution in [3.8, 4) is 5.75 Å². The Morgan fingerprint density at radius 3 is 1.95 bits per heavy atom. The van der Waals surface area contributed by atoms with Crippen molar-refractivity contribution in [3.05, 3.63) is 29.8 Å². The maximum atomic E-state index is 11.2. The number of benzene rings is 1. The van der Waals surface area contributed by atoms with Gasteiger partial charge in [0.05, 0.1) is 0 Å². The Bertz CT molecular complexity index is 491. The van der Waals surface area contributed by atoms with Crippen molar-refractivity contribution in [2.75, 3.05) is 7.11 Å². The smallest absolute Gasteiger partial charge is 0.746 e. The second-order valence-corrected chi connectivity index (χ2v) is 8.31. The molecule has 114 valence electrons. The van der Waals surface area contributed by atoms with Gasteiger partial charge in [-0.25, -0.2) is 0 Å². The van der Waals surface area contributed by atoms with Crippen LogP contribution in [0.15, 0.2) is 24.3 Å². The van der Waals surface area contributed by atoms with E-state index in [1.807, 2.05) is 12.1 Å². The molecule has 0 spiro atoms. The summed E-state index contributed by atoms with van der Waals surface area (Å²) in [5.41, 5.74) is 1.39. The van der Waals surface area contributed by atoms with Crippen molar-refractivity contribution < 1.29 is 48.1 Å². The van der Waals surface area contributed by atoms with E-state index in [-0.39, 0.29) is 46.1 Å². The standard InChI is InChI=1S/C15H25O4P.Na/c1-14(2,3)11-15(4,5)12-7-9-13(10-8-12)19-20(16,17)18-6;/h7-10H,11H2,1-6H3,(H,16,17);/q;+1/p-1. The minimum Gasteiger partial charge on any atom is -0.746 e. The summed E-state index contributed by atoms with van der Waals surface area (Å²) in [4.78, 5) is 11.2. The molecule has 21 heavy (non-hydrogen) atoms. The summed E-state index contributed by atoms with van der Waals surface area (Å²) in [5.74, 6) is 0.264. The van der Waals surface area contributed by atoms with Crippen LogP contribution in [0.5, 0.6) is 5.75 Å². The van der Waals surface area contributed by atoms with Crippen LogP contribution < -0.4 is 39.0 Å². The molecule has 1 aromatic rings. The normalized spacial score (nSPS) is 15.0. The van der Waals surface area contributed by atoms with Crippen LogP contribution in [-0.2, 0) is 14.5 Å². The van der Waals surface area contributed by atoms with Crippen LogP contribution in [0.1, 0.15) is 46.6 Å². The summed E-state index contributed by atoms with van der Waals surface area (Å²) < 4.78 is 20.3. The molecule has 0 heterocycles. The first-order valence-corrected chi connectivity index (χ1v) is 8.08. The van der Waals surface area contributed by atoms with Crippen LogP contribution >= 0.6 is 7.82 Å². The molecule has 0 aliphatic heterocycles. The van der Waals surface area contributed by atoms with E-state index < -0.39 is 7.82 Å². The molecule has 0 bridgehead atoms. The number of hydrogen-bond acceptors (Lipinski definition) is 4. The Kier molecular flexibility index (Phi) is 7.69. The van der Waals surface area contributed by atoms with Crippen molar-refractivity contribution in [3.63, 3.8) is 0 Å². The number of phosphoric acid groups is 1. The van der Waals surface area contributed by atoms with Crippen molar-refractivity contribution in [1.29, 1.82) is 0 Å². The van der Waals surface area contributed by atoms with Crippen molar-refractivity contribution in [2.24, 2.45) is 5.41 Å². The summed E-state index contributed by atoms with van der Waals surface area (Å²) in [7, 11) is -3.16. The molecule has 6 heteroatoms. The van der Waals surface area contributed by atoms with Crippen LogP contribution in [-0.4, -0.2) is 7.11 Å². The molecule has 0 aliphatic rings. The van der Waals surface area contributed by atoms with E-state index in [4.69, 9.17) is 4.52 Å². The van der Waals surface area contributed by atoms with Crippen LogP contribution in [0.3, 0.4) is 0 Å². The van der Waals surface area contributed by atoms with E-state index in [1.165, 1.54) is 0 Å². The van der Waals surface area contributed by atoms with Crippen LogP contribution in [0.2, 0.25) is 0 Å². The Hall–Kier alpha value is 0.170. The van der Waals surface area contributed by atoms with Gasteiger partial charge in [-0.15, -0.1) is 0 Å². The van der Waals surface area contributed by atoms with Crippen LogP contribution in [0, 0.1) is 5.41 Å². The molecule has 1 unspecified atom stereocenters. The van der Waals surface area contributed by atoms with Gasteiger partial charge in [-0.2, -0.15) is 0 Å². The fourth-order valence-corrected chi connectivity index (χ4v) is 3.02. The van der Waals surface area contributed by atoms with E-state index in [1.54, 1.807) is 12.1 Å². The molecule has 0 saturated carbocycles. The van der Waals surface area contributed by atoms with E-state index >= 15 is 0 Å². The maximum absolute atomic E-state index is 11.2. The second kappa shape index (κ2) is 7.63. The second-order valence-electron chi connectivity index (χ2n) is 6.87. The van der Waals surface area contributed by atoms with Crippen molar-refractivity contribution >= 4 is 7.82 Å². The largest absolute Gasteiger partial charge is 1.00 e. The average molecular weight is 322 g/mol. The molecule has 0 radical (unpaired) electrons. The molecule has 0 amide bonds. The topological polar surface area (TPSA) is 58.6 Å². The van der Waals surface area contributed by atoms with Gasteiger partial charge in [0.15, 0.2) is 0 Å². The SMILES string of the molecule is COP(=O)([O-])Oc1ccc(C(C)(C)CC(C)(C)C)cc1.[Na+]. The Balaban J connectivity index is 0.00000400. The van der Waals surface area contributed by atoms with Crippen molar-refractivity contribution in [2.45, 2.75) is 46.5 Å². The molecule has 0 N–H and O–H groups in total. The van der Waals surface area contributed by atoms with E-state index in [0.717, 1.165) is 19.1 Å². The predicted octanol–water partition coefficient (Wildman–Crippen LogP) is 0.898. The van der Waals surface area contributed by atoms with E-state index in [9.17, 15) is 9.46 Å².